The molecule has 3 aliphatic rings. The number of alkyl halides is 1. The summed E-state index contributed by atoms with van der Waals surface area (Å²) in [7, 11) is 1.70. The van der Waals surface area contributed by atoms with Crippen LogP contribution in [0.3, 0.4) is 0 Å². The maximum Gasteiger partial charge on any atom is 0.314 e. The highest BCUT2D eigenvalue weighted by atomic mass is 19.1. The lowest BCUT2D eigenvalue weighted by Crippen LogP contribution is -2.55. The number of rotatable bonds is 12. The Kier molecular flexibility index (Phi) is 12.0. The van der Waals surface area contributed by atoms with Crippen molar-refractivity contribution in [2.45, 2.75) is 105 Å². The molecular formula is C33H51FN6O3. The molecule has 238 valence electrons. The Bertz CT molecular complexity index is 1250. The molecule has 0 aromatic heterocycles. The van der Waals surface area contributed by atoms with Crippen molar-refractivity contribution >= 4 is 17.8 Å². The average molecular weight is 599 g/mol. The number of nitrogens with two attached hydrogens (primary N) is 1. The van der Waals surface area contributed by atoms with Gasteiger partial charge in [0.2, 0.25) is 0 Å². The topological polar surface area (TPSA) is 114 Å². The fourth-order valence-corrected chi connectivity index (χ4v) is 6.54. The van der Waals surface area contributed by atoms with Crippen molar-refractivity contribution in [3.05, 3.63) is 51.1 Å². The van der Waals surface area contributed by atoms with Crippen LogP contribution in [0.2, 0.25) is 0 Å². The third kappa shape index (κ3) is 7.33. The Morgan fingerprint density at radius 2 is 1.98 bits per heavy atom. The summed E-state index contributed by atoms with van der Waals surface area (Å²) >= 11 is 0. The smallest absolute Gasteiger partial charge is 0.314 e. The molecular weight excluding hydrogens is 547 g/mol. The van der Waals surface area contributed by atoms with E-state index >= 15 is 0 Å². The number of amidine groups is 2. The van der Waals surface area contributed by atoms with Gasteiger partial charge in [0, 0.05) is 20.0 Å². The Balaban J connectivity index is 2.13. The third-order valence-electron chi connectivity index (χ3n) is 9.27. The molecule has 3 heterocycles. The second-order valence-corrected chi connectivity index (χ2v) is 12.0. The van der Waals surface area contributed by atoms with E-state index in [1.165, 1.54) is 0 Å². The fourth-order valence-electron chi connectivity index (χ4n) is 6.54. The molecule has 2 N–H and O–H groups in total. The van der Waals surface area contributed by atoms with Crippen molar-refractivity contribution in [1.82, 2.24) is 4.90 Å². The van der Waals surface area contributed by atoms with Gasteiger partial charge in [-0.3, -0.25) is 9.89 Å². The molecule has 9 nitrogen and oxygen atoms in total. The minimum Gasteiger partial charge on any atom is -0.480 e. The van der Waals surface area contributed by atoms with Crippen molar-refractivity contribution < 1.29 is 13.9 Å². The molecule has 2 fully saturated rings. The number of allylic oxidation sites excluding steroid dienone is 7. The number of ether oxygens (including phenoxy) is 2. The summed E-state index contributed by atoms with van der Waals surface area (Å²) in [5.41, 5.74) is 9.73. The molecule has 3 aliphatic heterocycles. The Morgan fingerprint density at radius 3 is 2.60 bits per heavy atom. The zero-order valence-electron chi connectivity index (χ0n) is 27.4. The molecule has 0 amide bonds. The maximum absolute atomic E-state index is 14.4. The lowest BCUT2D eigenvalue weighted by atomic mass is 9.72. The predicted molar refractivity (Wildman–Crippen MR) is 174 cm³/mol. The third-order valence-corrected chi connectivity index (χ3v) is 9.27. The van der Waals surface area contributed by atoms with E-state index in [-0.39, 0.29) is 11.6 Å². The molecule has 0 radical (unpaired) electrons. The zero-order chi connectivity index (χ0) is 31.8. The summed E-state index contributed by atoms with van der Waals surface area (Å²) < 4.78 is 27.0. The van der Waals surface area contributed by atoms with E-state index in [0.717, 1.165) is 54.5 Å². The maximum atomic E-state index is 14.4. The van der Waals surface area contributed by atoms with Crippen LogP contribution in [0.1, 0.15) is 87.0 Å². The van der Waals surface area contributed by atoms with Crippen LogP contribution in [-0.4, -0.2) is 73.8 Å². The fraction of sp³-hybridized carbons (Fsp3) is 0.667. The Hall–Kier alpha value is -3.14. The van der Waals surface area contributed by atoms with Gasteiger partial charge in [-0.1, -0.05) is 38.0 Å². The molecule has 4 atom stereocenters. The largest absolute Gasteiger partial charge is 0.480 e. The first-order valence-electron chi connectivity index (χ1n) is 15.6. The number of aliphatic imine (C=N–C) groups is 3. The Morgan fingerprint density at radius 1 is 1.23 bits per heavy atom. The molecule has 3 rings (SSSR count). The highest BCUT2D eigenvalue weighted by Gasteiger charge is 2.52. The van der Waals surface area contributed by atoms with E-state index in [1.54, 1.807) is 20.0 Å². The van der Waals surface area contributed by atoms with E-state index in [9.17, 15) is 9.30 Å². The molecule has 0 saturated carbocycles. The van der Waals surface area contributed by atoms with E-state index in [2.05, 4.69) is 27.0 Å². The van der Waals surface area contributed by atoms with Crippen LogP contribution < -0.4 is 5.73 Å². The summed E-state index contributed by atoms with van der Waals surface area (Å²) in [6.45, 7) is 16.0. The normalized spacial score (nSPS) is 29.6. The molecule has 43 heavy (non-hydrogen) atoms. The van der Waals surface area contributed by atoms with E-state index in [0.29, 0.717) is 50.0 Å². The standard InChI is InChI=1S/C33H51FN6O3/c1-9-12-16-42-30(36-8)33(11-3)28(23(5)17-26(18-24(6)39-41)25(7)22(4)10-2)37-31(38-29(33)35)43-21-32-14-13-15-40(32)20-27(34)19-32/h10,17-18,27-28H,9,11-16,19-21H2,1-8H3,(H2,35,37,38)/b22-10-,23-17+,24-18+,26-25+,36-30+/t27?,28?,32-,33+/m0/s1. The van der Waals surface area contributed by atoms with Crippen molar-refractivity contribution in [2.24, 2.45) is 31.3 Å². The summed E-state index contributed by atoms with van der Waals surface area (Å²) in [4.78, 5) is 27.9. The zero-order valence-corrected chi connectivity index (χ0v) is 27.4. The van der Waals surface area contributed by atoms with Gasteiger partial charge in [-0.15, -0.1) is 4.91 Å². The van der Waals surface area contributed by atoms with E-state index in [4.69, 9.17) is 20.2 Å². The molecule has 2 saturated heterocycles. The lowest BCUT2D eigenvalue weighted by Gasteiger charge is -2.40. The molecule has 0 aliphatic carbocycles. The van der Waals surface area contributed by atoms with Crippen molar-refractivity contribution in [2.75, 3.05) is 33.4 Å². The number of halogens is 1. The first-order valence-corrected chi connectivity index (χ1v) is 15.6. The molecule has 10 heteroatoms. The van der Waals surface area contributed by atoms with Crippen molar-refractivity contribution in [3.8, 4) is 0 Å². The lowest BCUT2D eigenvalue weighted by molar-refractivity contribution is 0.104. The van der Waals surface area contributed by atoms with Gasteiger partial charge in [0.05, 0.1) is 23.9 Å². The van der Waals surface area contributed by atoms with E-state index < -0.39 is 17.6 Å². The molecule has 0 bridgehead atoms. The van der Waals surface area contributed by atoms with Gasteiger partial charge in [0.25, 0.3) is 0 Å². The Labute approximate surface area is 257 Å². The highest BCUT2D eigenvalue weighted by molar-refractivity contribution is 6.12. The number of hydrogen-bond donors (Lipinski definition) is 1. The van der Waals surface area contributed by atoms with Crippen LogP contribution in [0.4, 0.5) is 4.39 Å². The summed E-state index contributed by atoms with van der Waals surface area (Å²) in [5, 5.41) is 3.13. The van der Waals surface area contributed by atoms with Crippen molar-refractivity contribution in [1.29, 1.82) is 0 Å². The van der Waals surface area contributed by atoms with Crippen LogP contribution in [0, 0.1) is 10.3 Å². The molecule has 0 aromatic rings. The first kappa shape index (κ1) is 34.4. The van der Waals surface area contributed by atoms with E-state index in [1.807, 2.05) is 46.8 Å². The monoisotopic (exact) mass is 598 g/mol. The minimum absolute atomic E-state index is 0.181. The molecule has 0 aromatic carbocycles. The second-order valence-electron chi connectivity index (χ2n) is 12.0. The summed E-state index contributed by atoms with van der Waals surface area (Å²) in [6.07, 6.45) is 9.71. The van der Waals surface area contributed by atoms with Crippen LogP contribution in [0.15, 0.2) is 66.4 Å². The van der Waals surface area contributed by atoms with Gasteiger partial charge in [-0.05, 0) is 94.8 Å². The number of nitroso groups, excluding NO2 is 1. The van der Waals surface area contributed by atoms with Gasteiger partial charge < -0.3 is 15.2 Å². The predicted octanol–water partition coefficient (Wildman–Crippen LogP) is 6.82. The molecule has 0 spiro atoms. The minimum atomic E-state index is -0.943. The summed E-state index contributed by atoms with van der Waals surface area (Å²) in [6, 6.07) is -0.369. The average Bonchev–Trinajstić information content (AvgIpc) is 3.52. The first-order chi connectivity index (χ1) is 20.5. The number of unbranched alkanes of at least 4 members (excludes halogenated alkanes) is 1. The highest BCUT2D eigenvalue weighted by Crippen LogP contribution is 2.42. The quantitative estimate of drug-likeness (QED) is 0.0871. The van der Waals surface area contributed by atoms with Gasteiger partial charge in [-0.25, -0.2) is 9.38 Å². The van der Waals surface area contributed by atoms with Crippen LogP contribution in [0.25, 0.3) is 0 Å². The SMILES string of the molecule is C\C=C(C)/C(C)=C(/C=C(\C)N=O)\C=C(/C)C1N=C(OC[C@@]23CCCN2CC(F)C3)N=C(N)[C@]1(CC)/C(=N\C)OCCCC. The molecule has 2 unspecified atom stereocenters. The van der Waals surface area contributed by atoms with Gasteiger partial charge in [-0.2, -0.15) is 4.99 Å². The van der Waals surface area contributed by atoms with Gasteiger partial charge in [0.1, 0.15) is 24.0 Å². The second kappa shape index (κ2) is 15.0. The van der Waals surface area contributed by atoms with Crippen molar-refractivity contribution in [3.63, 3.8) is 0 Å². The number of fused-ring (bicyclic) bond motifs is 1. The van der Waals surface area contributed by atoms with Gasteiger partial charge in [0.15, 0.2) is 5.90 Å². The van der Waals surface area contributed by atoms with Crippen LogP contribution in [0.5, 0.6) is 0 Å². The van der Waals surface area contributed by atoms with Crippen LogP contribution >= 0.6 is 0 Å². The van der Waals surface area contributed by atoms with Crippen LogP contribution in [-0.2, 0) is 9.47 Å². The summed E-state index contributed by atoms with van der Waals surface area (Å²) in [5.74, 6) is 0.800. The number of nitrogens with zero attached hydrogens (tertiary/aromatic N) is 5. The van der Waals surface area contributed by atoms with Gasteiger partial charge >= 0.3 is 6.02 Å². The number of hydrogen-bond acceptors (Lipinski definition) is 9.